The summed E-state index contributed by atoms with van der Waals surface area (Å²) in [5, 5.41) is 3.42. The van der Waals surface area contributed by atoms with Crippen molar-refractivity contribution in [2.45, 2.75) is 19.4 Å². The van der Waals surface area contributed by atoms with Gasteiger partial charge in [-0.25, -0.2) is 0 Å². The number of nitrogens with zero attached hydrogens (tertiary/aromatic N) is 2. The first-order chi connectivity index (χ1) is 15.5. The Morgan fingerprint density at radius 2 is 1.88 bits per heavy atom. The molecule has 0 spiro atoms. The zero-order valence-electron chi connectivity index (χ0n) is 17.8. The fourth-order valence-electron chi connectivity index (χ4n) is 3.71. The summed E-state index contributed by atoms with van der Waals surface area (Å²) in [6, 6.07) is 20.5. The second-order valence-electron chi connectivity index (χ2n) is 7.69. The van der Waals surface area contributed by atoms with Gasteiger partial charge >= 0.3 is 0 Å². The number of benzene rings is 2. The highest BCUT2D eigenvalue weighted by molar-refractivity contribution is 6.31. The molecular weight excluding hydrogens is 426 g/mol. The van der Waals surface area contributed by atoms with E-state index in [-0.39, 0.29) is 17.9 Å². The van der Waals surface area contributed by atoms with Crippen LogP contribution in [0.2, 0.25) is 5.02 Å². The van der Waals surface area contributed by atoms with Crippen molar-refractivity contribution in [2.24, 2.45) is 0 Å². The molecule has 2 amide bonds. The number of amides is 2. The van der Waals surface area contributed by atoms with Crippen LogP contribution in [-0.2, 0) is 16.0 Å². The van der Waals surface area contributed by atoms with Crippen molar-refractivity contribution in [1.29, 1.82) is 0 Å². The Morgan fingerprint density at radius 1 is 1.09 bits per heavy atom. The molecule has 6 nitrogen and oxygen atoms in total. The first-order valence-electron chi connectivity index (χ1n) is 10.5. The number of nitrogens with one attached hydrogen (secondary N) is 1. The second-order valence-corrected chi connectivity index (χ2v) is 8.10. The Hall–Kier alpha value is -3.22. The molecule has 7 heteroatoms. The van der Waals surface area contributed by atoms with E-state index in [2.05, 4.69) is 5.32 Å². The Balaban J connectivity index is 1.45. The fourth-order valence-corrected chi connectivity index (χ4v) is 3.91. The lowest BCUT2D eigenvalue weighted by molar-refractivity contribution is -0.114. The maximum Gasteiger partial charge on any atom is 0.254 e. The molecule has 0 radical (unpaired) electrons. The van der Waals surface area contributed by atoms with Gasteiger partial charge in [0.25, 0.3) is 5.91 Å². The Kier molecular flexibility index (Phi) is 6.83. The monoisotopic (exact) mass is 449 g/mol. The van der Waals surface area contributed by atoms with E-state index in [1.807, 2.05) is 42.5 Å². The van der Waals surface area contributed by atoms with Crippen molar-refractivity contribution in [3.8, 4) is 0 Å². The number of halogens is 1. The van der Waals surface area contributed by atoms with Crippen LogP contribution in [-0.4, -0.2) is 41.4 Å². The normalized spacial score (nSPS) is 15.9. The summed E-state index contributed by atoms with van der Waals surface area (Å²) >= 11 is 6.29. The Labute approximate surface area is 192 Å². The molecule has 1 aromatic heterocycles. The fraction of sp³-hybridized carbons (Fsp3) is 0.240. The number of pyridine rings is 1. The number of anilines is 1. The van der Waals surface area contributed by atoms with Gasteiger partial charge in [-0.3, -0.25) is 14.6 Å². The van der Waals surface area contributed by atoms with Gasteiger partial charge in [-0.15, -0.1) is 0 Å². The van der Waals surface area contributed by atoms with Crippen molar-refractivity contribution in [1.82, 2.24) is 9.88 Å². The standard InChI is InChI=1S/C25H24ClN3O3/c1-17(30)27-20-11-9-18(10-12-20)25(31)29-13-14-32-24(16-29)23-8-4-6-21(28-23)15-19-5-2-3-7-22(19)26/h2-12,24H,13-16H2,1H3,(H,27,30)/t24-/m0/s1. The highest BCUT2D eigenvalue weighted by atomic mass is 35.5. The van der Waals surface area contributed by atoms with Crippen molar-refractivity contribution in [3.63, 3.8) is 0 Å². The first kappa shape index (κ1) is 22.0. The third-order valence-corrected chi connectivity index (χ3v) is 5.66. The summed E-state index contributed by atoms with van der Waals surface area (Å²) in [7, 11) is 0. The smallest absolute Gasteiger partial charge is 0.254 e. The van der Waals surface area contributed by atoms with Gasteiger partial charge in [0.05, 0.1) is 18.8 Å². The van der Waals surface area contributed by atoms with Gasteiger partial charge in [0.1, 0.15) is 6.10 Å². The molecule has 1 fully saturated rings. The number of morpholine rings is 1. The number of rotatable bonds is 5. The third kappa shape index (κ3) is 5.33. The van der Waals surface area contributed by atoms with Crippen molar-refractivity contribution in [2.75, 3.05) is 25.0 Å². The lowest BCUT2D eigenvalue weighted by atomic mass is 10.1. The summed E-state index contributed by atoms with van der Waals surface area (Å²) in [4.78, 5) is 30.7. The molecule has 1 N–H and O–H groups in total. The molecule has 1 atom stereocenters. The molecule has 2 heterocycles. The predicted octanol–water partition coefficient (Wildman–Crippen LogP) is 4.50. The molecule has 1 aliphatic rings. The number of aromatic nitrogens is 1. The van der Waals surface area contributed by atoms with E-state index < -0.39 is 0 Å². The van der Waals surface area contributed by atoms with E-state index >= 15 is 0 Å². The topological polar surface area (TPSA) is 71.5 Å². The number of carbonyl (C=O) groups excluding carboxylic acids is 2. The average molecular weight is 450 g/mol. The largest absolute Gasteiger partial charge is 0.368 e. The van der Waals surface area contributed by atoms with Crippen LogP contribution in [0.25, 0.3) is 0 Å². The van der Waals surface area contributed by atoms with Crippen molar-refractivity contribution < 1.29 is 14.3 Å². The lowest BCUT2D eigenvalue weighted by Gasteiger charge is -2.33. The summed E-state index contributed by atoms with van der Waals surface area (Å²) in [6.07, 6.45) is 0.335. The van der Waals surface area contributed by atoms with E-state index in [1.54, 1.807) is 29.2 Å². The van der Waals surface area contributed by atoms with Crippen LogP contribution >= 0.6 is 11.6 Å². The maximum atomic E-state index is 13.0. The van der Waals surface area contributed by atoms with Gasteiger partial charge in [0, 0.05) is 41.9 Å². The molecule has 1 aliphatic heterocycles. The quantitative estimate of drug-likeness (QED) is 0.622. The van der Waals surface area contributed by atoms with E-state index in [0.29, 0.717) is 37.4 Å². The number of carbonyl (C=O) groups is 2. The molecule has 164 valence electrons. The van der Waals surface area contributed by atoms with Crippen molar-refractivity contribution >= 4 is 29.1 Å². The summed E-state index contributed by atoms with van der Waals surface area (Å²) in [6.45, 7) is 2.83. The molecule has 0 aliphatic carbocycles. The first-order valence-corrected chi connectivity index (χ1v) is 10.8. The zero-order valence-corrected chi connectivity index (χ0v) is 18.5. The van der Waals surface area contributed by atoms with Gasteiger partial charge < -0.3 is 15.0 Å². The average Bonchev–Trinajstić information content (AvgIpc) is 2.80. The number of ether oxygens (including phenoxy) is 1. The Morgan fingerprint density at radius 3 is 2.62 bits per heavy atom. The minimum atomic E-state index is -0.294. The predicted molar refractivity (Wildman–Crippen MR) is 124 cm³/mol. The number of hydrogen-bond donors (Lipinski definition) is 1. The molecule has 0 saturated carbocycles. The summed E-state index contributed by atoms with van der Waals surface area (Å²) in [5.74, 6) is -0.218. The zero-order chi connectivity index (χ0) is 22.5. The number of hydrogen-bond acceptors (Lipinski definition) is 4. The lowest BCUT2D eigenvalue weighted by Crippen LogP contribution is -2.42. The van der Waals surface area contributed by atoms with Crippen molar-refractivity contribution in [3.05, 3.63) is 94.3 Å². The molecule has 4 rings (SSSR count). The van der Waals surface area contributed by atoms with Gasteiger partial charge in [0.2, 0.25) is 5.91 Å². The van der Waals surface area contributed by atoms with E-state index in [9.17, 15) is 9.59 Å². The van der Waals surface area contributed by atoms with Crippen LogP contribution in [0.4, 0.5) is 5.69 Å². The van der Waals surface area contributed by atoms with Crippen LogP contribution in [0.3, 0.4) is 0 Å². The minimum Gasteiger partial charge on any atom is -0.368 e. The van der Waals surface area contributed by atoms with Crippen LogP contribution in [0.1, 0.15) is 40.3 Å². The van der Waals surface area contributed by atoms with Crippen LogP contribution in [0.15, 0.2) is 66.7 Å². The van der Waals surface area contributed by atoms with E-state index in [1.165, 1.54) is 6.92 Å². The molecule has 1 saturated heterocycles. The van der Waals surface area contributed by atoms with Gasteiger partial charge in [-0.05, 0) is 48.0 Å². The van der Waals surface area contributed by atoms with Crippen LogP contribution < -0.4 is 5.32 Å². The molecule has 0 unspecified atom stereocenters. The molecule has 3 aromatic rings. The van der Waals surface area contributed by atoms with Crippen LogP contribution in [0, 0.1) is 0 Å². The van der Waals surface area contributed by atoms with E-state index in [4.69, 9.17) is 21.3 Å². The Bertz CT molecular complexity index is 1120. The maximum absolute atomic E-state index is 13.0. The highest BCUT2D eigenvalue weighted by Gasteiger charge is 2.27. The minimum absolute atomic E-state index is 0.0695. The summed E-state index contributed by atoms with van der Waals surface area (Å²) in [5.41, 5.74) is 3.95. The molecule has 32 heavy (non-hydrogen) atoms. The second kappa shape index (κ2) is 9.94. The molecule has 2 aromatic carbocycles. The molecular formula is C25H24ClN3O3. The third-order valence-electron chi connectivity index (χ3n) is 5.29. The SMILES string of the molecule is CC(=O)Nc1ccc(C(=O)N2CCO[C@H](c3cccc(Cc4ccccc4Cl)n3)C2)cc1. The van der Waals surface area contributed by atoms with Crippen LogP contribution in [0.5, 0.6) is 0 Å². The van der Waals surface area contributed by atoms with Gasteiger partial charge in [-0.1, -0.05) is 35.9 Å². The highest BCUT2D eigenvalue weighted by Crippen LogP contribution is 2.24. The molecule has 0 bridgehead atoms. The van der Waals surface area contributed by atoms with Gasteiger partial charge in [0.15, 0.2) is 0 Å². The summed E-state index contributed by atoms with van der Waals surface area (Å²) < 4.78 is 5.94. The van der Waals surface area contributed by atoms with Gasteiger partial charge in [-0.2, -0.15) is 0 Å². The van der Waals surface area contributed by atoms with E-state index in [0.717, 1.165) is 22.0 Å².